The Labute approximate surface area is 104 Å². The monoisotopic (exact) mass is 249 g/mol. The minimum atomic E-state index is -2.43. The minimum absolute atomic E-state index is 0.0498. The smallest absolute Gasteiger partial charge is 0.263 e. The van der Waals surface area contributed by atoms with Gasteiger partial charge in [0.05, 0.1) is 5.69 Å². The van der Waals surface area contributed by atoms with E-state index < -0.39 is 6.43 Å². The van der Waals surface area contributed by atoms with Crippen molar-refractivity contribution in [2.24, 2.45) is 0 Å². The number of benzene rings is 1. The van der Waals surface area contributed by atoms with Crippen LogP contribution >= 0.6 is 0 Å². The van der Waals surface area contributed by atoms with Gasteiger partial charge in [-0.05, 0) is 23.8 Å². The third-order valence-corrected chi connectivity index (χ3v) is 2.47. The molecular weight excluding hydrogens is 236 g/mol. The Morgan fingerprint density at radius 1 is 1.11 bits per heavy atom. The summed E-state index contributed by atoms with van der Waals surface area (Å²) in [4.78, 5) is 0. The number of alkyl halides is 2. The maximum Gasteiger partial charge on any atom is 0.263 e. The van der Waals surface area contributed by atoms with E-state index in [1.54, 1.807) is 18.3 Å². The first-order chi connectivity index (χ1) is 8.75. The first-order valence-electron chi connectivity index (χ1n) is 5.60. The quantitative estimate of drug-likeness (QED) is 0.885. The topological polar surface area (TPSA) is 37.8 Å². The van der Waals surface area contributed by atoms with E-state index in [4.69, 9.17) is 0 Å². The molecule has 0 aliphatic heterocycles. The van der Waals surface area contributed by atoms with E-state index in [0.717, 1.165) is 11.3 Å². The van der Waals surface area contributed by atoms with Gasteiger partial charge < -0.3 is 5.32 Å². The molecule has 0 amide bonds. The van der Waals surface area contributed by atoms with Crippen molar-refractivity contribution in [1.82, 2.24) is 15.5 Å². The Bertz CT molecular complexity index is 489. The van der Waals surface area contributed by atoms with Gasteiger partial charge in [0, 0.05) is 24.8 Å². The Morgan fingerprint density at radius 2 is 2.00 bits per heavy atom. The molecule has 0 spiro atoms. The average molecular weight is 249 g/mol. The number of hydrogen-bond donors (Lipinski definition) is 1. The van der Waals surface area contributed by atoms with Crippen LogP contribution < -0.4 is 5.32 Å². The van der Waals surface area contributed by atoms with Crippen LogP contribution in [0.25, 0.3) is 0 Å². The molecule has 0 saturated carbocycles. The summed E-state index contributed by atoms with van der Waals surface area (Å²) in [6.07, 6.45) is -0.819. The molecule has 0 bridgehead atoms. The van der Waals surface area contributed by atoms with Crippen LogP contribution in [0.15, 0.2) is 42.6 Å². The van der Waals surface area contributed by atoms with Crippen LogP contribution in [0.3, 0.4) is 0 Å². The van der Waals surface area contributed by atoms with E-state index in [1.165, 1.54) is 12.1 Å². The zero-order valence-corrected chi connectivity index (χ0v) is 9.68. The summed E-state index contributed by atoms with van der Waals surface area (Å²) in [6.45, 7) is 1.09. The van der Waals surface area contributed by atoms with Crippen LogP contribution in [-0.4, -0.2) is 10.2 Å². The second-order valence-corrected chi connectivity index (χ2v) is 3.86. The molecule has 0 fully saturated rings. The molecule has 0 unspecified atom stereocenters. The predicted octanol–water partition coefficient (Wildman–Crippen LogP) is 2.70. The molecule has 1 aromatic carbocycles. The minimum Gasteiger partial charge on any atom is -0.307 e. The third kappa shape index (κ3) is 3.56. The summed E-state index contributed by atoms with van der Waals surface area (Å²) in [7, 11) is 0. The standard InChI is InChI=1S/C13H13F2N3/c14-13(15)11-4-1-3-10(7-11)8-16-9-12-5-2-6-17-18-12/h1-7,13,16H,8-9H2. The van der Waals surface area contributed by atoms with Gasteiger partial charge in [0.1, 0.15) is 0 Å². The molecule has 18 heavy (non-hydrogen) atoms. The molecule has 1 aromatic heterocycles. The first-order valence-corrected chi connectivity index (χ1v) is 5.60. The van der Waals surface area contributed by atoms with Gasteiger partial charge in [0.2, 0.25) is 0 Å². The molecule has 0 radical (unpaired) electrons. The second kappa shape index (κ2) is 6.16. The van der Waals surface area contributed by atoms with E-state index in [-0.39, 0.29) is 5.56 Å². The van der Waals surface area contributed by atoms with Gasteiger partial charge in [0.25, 0.3) is 6.43 Å². The van der Waals surface area contributed by atoms with Crippen LogP contribution in [0, 0.1) is 0 Å². The Balaban J connectivity index is 1.89. The molecule has 1 N–H and O–H groups in total. The van der Waals surface area contributed by atoms with Crippen molar-refractivity contribution in [1.29, 1.82) is 0 Å². The summed E-state index contributed by atoms with van der Waals surface area (Å²) < 4.78 is 25.0. The zero-order valence-electron chi connectivity index (χ0n) is 9.68. The summed E-state index contributed by atoms with van der Waals surface area (Å²) in [5.74, 6) is 0. The largest absolute Gasteiger partial charge is 0.307 e. The second-order valence-electron chi connectivity index (χ2n) is 3.86. The van der Waals surface area contributed by atoms with Gasteiger partial charge in [-0.2, -0.15) is 10.2 Å². The van der Waals surface area contributed by atoms with Crippen LogP contribution in [-0.2, 0) is 13.1 Å². The van der Waals surface area contributed by atoms with E-state index in [0.29, 0.717) is 13.1 Å². The number of nitrogens with zero attached hydrogens (tertiary/aromatic N) is 2. The number of aromatic nitrogens is 2. The van der Waals surface area contributed by atoms with Crippen molar-refractivity contribution in [2.45, 2.75) is 19.5 Å². The average Bonchev–Trinajstić information content (AvgIpc) is 2.40. The van der Waals surface area contributed by atoms with Crippen molar-refractivity contribution in [2.75, 3.05) is 0 Å². The summed E-state index contributed by atoms with van der Waals surface area (Å²) >= 11 is 0. The number of hydrogen-bond acceptors (Lipinski definition) is 3. The molecule has 2 aromatic rings. The molecule has 0 saturated heterocycles. The van der Waals surface area contributed by atoms with Crippen LogP contribution in [0.5, 0.6) is 0 Å². The van der Waals surface area contributed by atoms with Crippen molar-refractivity contribution >= 4 is 0 Å². The van der Waals surface area contributed by atoms with Gasteiger partial charge in [-0.25, -0.2) is 8.78 Å². The number of nitrogens with one attached hydrogen (secondary N) is 1. The lowest BCUT2D eigenvalue weighted by Crippen LogP contribution is -2.14. The molecule has 1 heterocycles. The van der Waals surface area contributed by atoms with Crippen molar-refractivity contribution in [3.8, 4) is 0 Å². The summed E-state index contributed by atoms with van der Waals surface area (Å²) in [5, 5.41) is 10.8. The molecule has 94 valence electrons. The van der Waals surface area contributed by atoms with Gasteiger partial charge >= 0.3 is 0 Å². The maximum atomic E-state index is 12.5. The molecule has 2 rings (SSSR count). The Kier molecular flexibility index (Phi) is 4.30. The normalized spacial score (nSPS) is 10.8. The fourth-order valence-electron chi connectivity index (χ4n) is 1.60. The third-order valence-electron chi connectivity index (χ3n) is 2.47. The van der Waals surface area contributed by atoms with E-state index in [1.807, 2.05) is 12.1 Å². The molecule has 0 aliphatic carbocycles. The van der Waals surface area contributed by atoms with Crippen molar-refractivity contribution < 1.29 is 8.78 Å². The number of rotatable bonds is 5. The highest BCUT2D eigenvalue weighted by Gasteiger charge is 2.06. The van der Waals surface area contributed by atoms with E-state index in [2.05, 4.69) is 15.5 Å². The number of halogens is 2. The van der Waals surface area contributed by atoms with E-state index >= 15 is 0 Å². The first kappa shape index (κ1) is 12.6. The molecule has 0 aliphatic rings. The molecule has 0 atom stereocenters. The lowest BCUT2D eigenvalue weighted by atomic mass is 10.1. The lowest BCUT2D eigenvalue weighted by molar-refractivity contribution is 0.151. The lowest BCUT2D eigenvalue weighted by Gasteiger charge is -2.06. The van der Waals surface area contributed by atoms with Crippen LogP contribution in [0.4, 0.5) is 8.78 Å². The fraction of sp³-hybridized carbons (Fsp3) is 0.231. The summed E-state index contributed by atoms with van der Waals surface area (Å²) in [5.41, 5.74) is 1.70. The summed E-state index contributed by atoms with van der Waals surface area (Å²) in [6, 6.07) is 10.1. The maximum absolute atomic E-state index is 12.5. The molecular formula is C13H13F2N3. The SMILES string of the molecule is FC(F)c1cccc(CNCc2cccnn2)c1. The van der Waals surface area contributed by atoms with Crippen LogP contribution in [0.1, 0.15) is 23.2 Å². The van der Waals surface area contributed by atoms with Crippen molar-refractivity contribution in [3.05, 3.63) is 59.4 Å². The van der Waals surface area contributed by atoms with Crippen LogP contribution in [0.2, 0.25) is 0 Å². The van der Waals surface area contributed by atoms with Gasteiger partial charge in [-0.1, -0.05) is 18.2 Å². The highest BCUT2D eigenvalue weighted by Crippen LogP contribution is 2.19. The highest BCUT2D eigenvalue weighted by molar-refractivity contribution is 5.24. The Hall–Kier alpha value is -1.88. The van der Waals surface area contributed by atoms with Crippen molar-refractivity contribution in [3.63, 3.8) is 0 Å². The zero-order chi connectivity index (χ0) is 12.8. The van der Waals surface area contributed by atoms with Gasteiger partial charge in [-0.3, -0.25) is 0 Å². The van der Waals surface area contributed by atoms with Gasteiger partial charge in [-0.15, -0.1) is 0 Å². The Morgan fingerprint density at radius 3 is 2.72 bits per heavy atom. The molecule has 3 nitrogen and oxygen atoms in total. The predicted molar refractivity (Wildman–Crippen MR) is 64.0 cm³/mol. The van der Waals surface area contributed by atoms with Gasteiger partial charge in [0.15, 0.2) is 0 Å². The fourth-order valence-corrected chi connectivity index (χ4v) is 1.60. The highest BCUT2D eigenvalue weighted by atomic mass is 19.3. The molecule has 5 heteroatoms. The van der Waals surface area contributed by atoms with E-state index in [9.17, 15) is 8.78 Å².